The summed E-state index contributed by atoms with van der Waals surface area (Å²) in [6, 6.07) is 14.5. The molecular formula is C16H11BrCl2N2. The van der Waals surface area contributed by atoms with E-state index in [1.54, 1.807) is 0 Å². The van der Waals surface area contributed by atoms with Crippen LogP contribution in [0.25, 0.3) is 32.8 Å². The highest BCUT2D eigenvalue weighted by molar-refractivity contribution is 9.10. The minimum absolute atomic E-state index is 0. The van der Waals surface area contributed by atoms with E-state index in [1.165, 1.54) is 5.39 Å². The molecule has 0 aliphatic rings. The molecule has 106 valence electrons. The number of aryl methyl sites for hydroxylation is 1. The molecule has 2 heterocycles. The topological polar surface area (TPSA) is 19.7 Å². The van der Waals surface area contributed by atoms with Gasteiger partial charge in [-0.1, -0.05) is 39.7 Å². The van der Waals surface area contributed by atoms with Gasteiger partial charge in [0.25, 0.3) is 0 Å². The van der Waals surface area contributed by atoms with Crippen LogP contribution < -0.4 is 17.0 Å². The summed E-state index contributed by atoms with van der Waals surface area (Å²) in [6.45, 7) is 0. The molecule has 0 unspecified atom stereocenters. The van der Waals surface area contributed by atoms with Crippen LogP contribution in [0.2, 0.25) is 5.02 Å². The number of H-pyrrole nitrogens is 1. The molecule has 2 aromatic heterocycles. The minimum Gasteiger partial charge on any atom is -1.00 e. The van der Waals surface area contributed by atoms with E-state index in [4.69, 9.17) is 11.6 Å². The van der Waals surface area contributed by atoms with Crippen LogP contribution in [0.15, 0.2) is 46.9 Å². The fourth-order valence-corrected chi connectivity index (χ4v) is 3.52. The van der Waals surface area contributed by atoms with Gasteiger partial charge in [-0.25, -0.2) is 0 Å². The number of para-hydroxylation sites is 1. The predicted octanol–water partition coefficient (Wildman–Crippen LogP) is 1.72. The van der Waals surface area contributed by atoms with Crippen LogP contribution in [0.4, 0.5) is 0 Å². The van der Waals surface area contributed by atoms with E-state index >= 15 is 0 Å². The van der Waals surface area contributed by atoms with Gasteiger partial charge in [-0.15, -0.1) is 0 Å². The number of pyridine rings is 1. The van der Waals surface area contributed by atoms with E-state index in [1.807, 2.05) is 12.1 Å². The normalized spacial score (nSPS) is 11.2. The van der Waals surface area contributed by atoms with E-state index < -0.39 is 0 Å². The Morgan fingerprint density at radius 2 is 1.86 bits per heavy atom. The van der Waals surface area contributed by atoms with Gasteiger partial charge < -0.3 is 17.4 Å². The van der Waals surface area contributed by atoms with Crippen molar-refractivity contribution in [1.29, 1.82) is 0 Å². The Hall–Kier alpha value is -1.29. The van der Waals surface area contributed by atoms with Gasteiger partial charge in [0.1, 0.15) is 12.6 Å². The first-order valence-electron chi connectivity index (χ1n) is 6.34. The second kappa shape index (κ2) is 5.16. The molecule has 0 saturated carbocycles. The molecule has 0 saturated heterocycles. The third-order valence-electron chi connectivity index (χ3n) is 3.79. The SMILES string of the molecule is C[n+]1c2ccc(Br)cc2c(Cl)c2[nH]c3ccccc3c21.[Cl-]. The number of hydrogen-bond donors (Lipinski definition) is 1. The predicted molar refractivity (Wildman–Crippen MR) is 87.2 cm³/mol. The van der Waals surface area contributed by atoms with Crippen molar-refractivity contribution in [2.75, 3.05) is 0 Å². The standard InChI is InChI=1S/C16H10BrClN2.ClH/c1-20-13-7-6-9(17)8-11(13)14(18)15-16(20)10-4-2-3-5-12(10)19-15;/h2-8H,1H3;1H. The summed E-state index contributed by atoms with van der Waals surface area (Å²) in [5.74, 6) is 0. The summed E-state index contributed by atoms with van der Waals surface area (Å²) in [5.41, 5.74) is 4.35. The van der Waals surface area contributed by atoms with Crippen LogP contribution in [0, 0.1) is 0 Å². The second-order valence-electron chi connectivity index (χ2n) is 4.93. The maximum absolute atomic E-state index is 6.62. The average molecular weight is 382 g/mol. The Morgan fingerprint density at radius 1 is 1.10 bits per heavy atom. The Morgan fingerprint density at radius 3 is 2.67 bits per heavy atom. The van der Waals surface area contributed by atoms with Crippen LogP contribution in [0.5, 0.6) is 0 Å². The van der Waals surface area contributed by atoms with E-state index in [-0.39, 0.29) is 12.4 Å². The minimum atomic E-state index is 0. The number of aromatic nitrogens is 2. The molecular weight excluding hydrogens is 371 g/mol. The molecule has 0 spiro atoms. The highest BCUT2D eigenvalue weighted by Gasteiger charge is 2.21. The monoisotopic (exact) mass is 380 g/mol. The van der Waals surface area contributed by atoms with Crippen molar-refractivity contribution in [2.45, 2.75) is 0 Å². The summed E-state index contributed by atoms with van der Waals surface area (Å²) >= 11 is 10.1. The summed E-state index contributed by atoms with van der Waals surface area (Å²) in [6.07, 6.45) is 0. The molecule has 21 heavy (non-hydrogen) atoms. The summed E-state index contributed by atoms with van der Waals surface area (Å²) in [4.78, 5) is 3.43. The molecule has 0 aliphatic carbocycles. The lowest BCUT2D eigenvalue weighted by atomic mass is 10.1. The van der Waals surface area contributed by atoms with Gasteiger partial charge in [0.15, 0.2) is 0 Å². The lowest BCUT2D eigenvalue weighted by Crippen LogP contribution is -3.00. The number of aromatic amines is 1. The van der Waals surface area contributed by atoms with Crippen molar-refractivity contribution >= 4 is 60.4 Å². The first-order valence-corrected chi connectivity index (χ1v) is 7.51. The summed E-state index contributed by atoms with van der Waals surface area (Å²) in [5, 5.41) is 3.00. The highest BCUT2D eigenvalue weighted by Crippen LogP contribution is 2.33. The molecule has 0 fully saturated rings. The number of fused-ring (bicyclic) bond motifs is 4. The van der Waals surface area contributed by atoms with E-state index in [2.05, 4.69) is 62.9 Å². The maximum atomic E-state index is 6.62. The Kier molecular flexibility index (Phi) is 3.60. The molecule has 5 heteroatoms. The maximum Gasteiger partial charge on any atom is 0.240 e. The quantitative estimate of drug-likeness (QED) is 0.447. The van der Waals surface area contributed by atoms with Gasteiger partial charge in [-0.3, -0.25) is 0 Å². The molecule has 0 amide bonds. The number of benzene rings is 2. The van der Waals surface area contributed by atoms with E-state index in [0.717, 1.165) is 36.9 Å². The van der Waals surface area contributed by atoms with Crippen molar-refractivity contribution in [3.8, 4) is 0 Å². The smallest absolute Gasteiger partial charge is 0.240 e. The average Bonchev–Trinajstić information content (AvgIpc) is 2.84. The zero-order chi connectivity index (χ0) is 13.9. The van der Waals surface area contributed by atoms with E-state index in [9.17, 15) is 0 Å². The van der Waals surface area contributed by atoms with Crippen LogP contribution in [-0.4, -0.2) is 4.98 Å². The lowest BCUT2D eigenvalue weighted by Gasteiger charge is -2.02. The number of nitrogens with zero attached hydrogens (tertiary/aromatic N) is 1. The van der Waals surface area contributed by atoms with Gasteiger partial charge in [0, 0.05) is 10.5 Å². The van der Waals surface area contributed by atoms with Crippen molar-refractivity contribution in [2.24, 2.45) is 7.05 Å². The van der Waals surface area contributed by atoms with Crippen LogP contribution in [-0.2, 0) is 7.05 Å². The third kappa shape index (κ3) is 2.03. The first-order chi connectivity index (χ1) is 9.66. The molecule has 2 aromatic carbocycles. The number of halogens is 3. The van der Waals surface area contributed by atoms with Crippen molar-refractivity contribution in [3.63, 3.8) is 0 Å². The van der Waals surface area contributed by atoms with Crippen LogP contribution >= 0.6 is 27.5 Å². The number of hydrogen-bond acceptors (Lipinski definition) is 0. The molecule has 1 N–H and O–H groups in total. The highest BCUT2D eigenvalue weighted by atomic mass is 79.9. The molecule has 4 aromatic rings. The Balaban J connectivity index is 0.00000132. The summed E-state index contributed by atoms with van der Waals surface area (Å²) in [7, 11) is 2.08. The number of nitrogens with one attached hydrogen (secondary N) is 1. The fourth-order valence-electron chi connectivity index (χ4n) is 2.87. The number of rotatable bonds is 0. The van der Waals surface area contributed by atoms with Gasteiger partial charge in [-0.2, -0.15) is 4.57 Å². The lowest BCUT2D eigenvalue weighted by molar-refractivity contribution is -0.616. The van der Waals surface area contributed by atoms with Gasteiger partial charge in [0.05, 0.1) is 21.3 Å². The molecule has 0 radical (unpaired) electrons. The van der Waals surface area contributed by atoms with Crippen molar-refractivity contribution in [1.82, 2.24) is 4.98 Å². The fraction of sp³-hybridized carbons (Fsp3) is 0.0625. The molecule has 4 rings (SSSR count). The van der Waals surface area contributed by atoms with Crippen molar-refractivity contribution < 1.29 is 17.0 Å². The van der Waals surface area contributed by atoms with Crippen LogP contribution in [0.1, 0.15) is 0 Å². The first kappa shape index (κ1) is 14.6. The van der Waals surface area contributed by atoms with Gasteiger partial charge in [-0.05, 0) is 24.3 Å². The molecule has 0 bridgehead atoms. The molecule has 0 atom stereocenters. The molecule has 2 nitrogen and oxygen atoms in total. The summed E-state index contributed by atoms with van der Waals surface area (Å²) < 4.78 is 3.23. The zero-order valence-electron chi connectivity index (χ0n) is 11.1. The van der Waals surface area contributed by atoms with Crippen molar-refractivity contribution in [3.05, 3.63) is 52.0 Å². The van der Waals surface area contributed by atoms with Gasteiger partial charge >= 0.3 is 0 Å². The van der Waals surface area contributed by atoms with Crippen LogP contribution in [0.3, 0.4) is 0 Å². The Bertz CT molecular complexity index is 992. The van der Waals surface area contributed by atoms with E-state index in [0.29, 0.717) is 0 Å². The third-order valence-corrected chi connectivity index (χ3v) is 4.68. The second-order valence-corrected chi connectivity index (χ2v) is 6.22. The largest absolute Gasteiger partial charge is 1.00 e. The zero-order valence-corrected chi connectivity index (χ0v) is 14.2. The molecule has 0 aliphatic heterocycles. The Labute approximate surface area is 141 Å². The van der Waals surface area contributed by atoms with Gasteiger partial charge in [0.2, 0.25) is 11.0 Å².